The molecular formula is C27H31NO2. The van der Waals surface area contributed by atoms with Crippen LogP contribution in [0.15, 0.2) is 60.7 Å². The van der Waals surface area contributed by atoms with E-state index in [0.29, 0.717) is 6.61 Å². The number of fused-ring (bicyclic) bond motifs is 1. The van der Waals surface area contributed by atoms with Gasteiger partial charge in [-0.25, -0.2) is 0 Å². The standard InChI is InChI=1S/C27H31NO2/c1-3-4-19-30-25-16-15-24(22-9-5-6-10-23(22)25)28-26(29)27(17-7-8-18-27)21-13-11-20(2)12-14-21/h5-6,9-16H,3-4,7-8,17-19H2,1-2H3,(H,28,29). The van der Waals surface area contributed by atoms with Crippen LogP contribution in [-0.4, -0.2) is 12.5 Å². The van der Waals surface area contributed by atoms with E-state index in [1.165, 1.54) is 5.56 Å². The zero-order chi connectivity index (χ0) is 21.0. The minimum Gasteiger partial charge on any atom is -0.493 e. The highest BCUT2D eigenvalue weighted by Gasteiger charge is 2.42. The van der Waals surface area contributed by atoms with Gasteiger partial charge in [0.15, 0.2) is 0 Å². The first-order valence-corrected chi connectivity index (χ1v) is 11.2. The topological polar surface area (TPSA) is 38.3 Å². The number of carbonyl (C=O) groups is 1. The molecule has 1 fully saturated rings. The minimum absolute atomic E-state index is 0.105. The molecule has 156 valence electrons. The van der Waals surface area contributed by atoms with E-state index in [2.05, 4.69) is 55.6 Å². The Labute approximate surface area is 179 Å². The lowest BCUT2D eigenvalue weighted by Gasteiger charge is -2.29. The quantitative estimate of drug-likeness (QED) is 0.443. The molecule has 0 spiro atoms. The van der Waals surface area contributed by atoms with E-state index >= 15 is 0 Å². The summed E-state index contributed by atoms with van der Waals surface area (Å²) in [7, 11) is 0. The molecular weight excluding hydrogens is 370 g/mol. The van der Waals surface area contributed by atoms with E-state index in [0.717, 1.165) is 66.3 Å². The van der Waals surface area contributed by atoms with E-state index in [-0.39, 0.29) is 5.91 Å². The first kappa shape index (κ1) is 20.5. The number of nitrogens with one attached hydrogen (secondary N) is 1. The number of hydrogen-bond donors (Lipinski definition) is 1. The van der Waals surface area contributed by atoms with Crippen LogP contribution in [0.25, 0.3) is 10.8 Å². The maximum absolute atomic E-state index is 13.6. The maximum Gasteiger partial charge on any atom is 0.235 e. The highest BCUT2D eigenvalue weighted by Crippen LogP contribution is 2.43. The molecule has 4 rings (SSSR count). The Morgan fingerprint density at radius 3 is 2.37 bits per heavy atom. The largest absolute Gasteiger partial charge is 0.493 e. The van der Waals surface area contributed by atoms with Gasteiger partial charge in [-0.05, 0) is 43.9 Å². The summed E-state index contributed by atoms with van der Waals surface area (Å²) in [5, 5.41) is 5.35. The predicted octanol–water partition coefficient (Wildman–Crippen LogP) is 6.78. The third-order valence-corrected chi connectivity index (χ3v) is 6.38. The van der Waals surface area contributed by atoms with Gasteiger partial charge in [-0.2, -0.15) is 0 Å². The molecule has 0 bridgehead atoms. The third kappa shape index (κ3) is 3.94. The second kappa shape index (κ2) is 8.91. The number of carbonyl (C=O) groups excluding carboxylic acids is 1. The van der Waals surface area contributed by atoms with Crippen LogP contribution in [0, 0.1) is 6.92 Å². The summed E-state index contributed by atoms with van der Waals surface area (Å²) < 4.78 is 6.01. The molecule has 1 aliphatic carbocycles. The second-order valence-corrected chi connectivity index (χ2v) is 8.47. The van der Waals surface area contributed by atoms with Crippen LogP contribution in [0.3, 0.4) is 0 Å². The molecule has 0 saturated heterocycles. The molecule has 3 nitrogen and oxygen atoms in total. The van der Waals surface area contributed by atoms with Gasteiger partial charge < -0.3 is 10.1 Å². The number of hydrogen-bond acceptors (Lipinski definition) is 2. The number of unbranched alkanes of at least 4 members (excludes halogenated alkanes) is 1. The zero-order valence-electron chi connectivity index (χ0n) is 18.0. The monoisotopic (exact) mass is 401 g/mol. The van der Waals surface area contributed by atoms with Crippen LogP contribution in [0.1, 0.15) is 56.6 Å². The Bertz CT molecular complexity index is 1020. The third-order valence-electron chi connectivity index (χ3n) is 6.38. The molecule has 1 amide bonds. The Kier molecular flexibility index (Phi) is 6.08. The highest BCUT2D eigenvalue weighted by atomic mass is 16.5. The van der Waals surface area contributed by atoms with Crippen molar-refractivity contribution in [1.29, 1.82) is 0 Å². The van der Waals surface area contributed by atoms with Crippen LogP contribution >= 0.6 is 0 Å². The summed E-state index contributed by atoms with van der Waals surface area (Å²) >= 11 is 0. The fourth-order valence-electron chi connectivity index (χ4n) is 4.57. The Hall–Kier alpha value is -2.81. The average molecular weight is 402 g/mol. The molecule has 3 aromatic rings. The normalized spacial score (nSPS) is 15.3. The molecule has 0 aromatic heterocycles. The number of ether oxygens (including phenoxy) is 1. The Morgan fingerprint density at radius 1 is 0.967 bits per heavy atom. The fourth-order valence-corrected chi connectivity index (χ4v) is 4.57. The van der Waals surface area contributed by atoms with Crippen LogP contribution in [0.5, 0.6) is 5.75 Å². The van der Waals surface area contributed by atoms with Crippen LogP contribution in [0.4, 0.5) is 5.69 Å². The van der Waals surface area contributed by atoms with Crippen LogP contribution < -0.4 is 10.1 Å². The number of benzene rings is 3. The van der Waals surface area contributed by atoms with Gasteiger partial charge in [-0.15, -0.1) is 0 Å². The lowest BCUT2D eigenvalue weighted by Crippen LogP contribution is -2.38. The van der Waals surface area contributed by atoms with Crippen molar-refractivity contribution in [3.63, 3.8) is 0 Å². The van der Waals surface area contributed by atoms with Gasteiger partial charge in [0.1, 0.15) is 5.75 Å². The Balaban J connectivity index is 1.65. The van der Waals surface area contributed by atoms with Crippen molar-refractivity contribution in [3.05, 3.63) is 71.8 Å². The van der Waals surface area contributed by atoms with Crippen LogP contribution in [0.2, 0.25) is 0 Å². The maximum atomic E-state index is 13.6. The highest BCUT2D eigenvalue weighted by molar-refractivity contribution is 6.07. The molecule has 1 N–H and O–H groups in total. The summed E-state index contributed by atoms with van der Waals surface area (Å²) in [6, 6.07) is 20.6. The average Bonchev–Trinajstić information content (AvgIpc) is 3.27. The van der Waals surface area contributed by atoms with Crippen molar-refractivity contribution in [2.75, 3.05) is 11.9 Å². The van der Waals surface area contributed by atoms with Gasteiger partial charge in [-0.3, -0.25) is 4.79 Å². The van der Waals surface area contributed by atoms with Crippen molar-refractivity contribution < 1.29 is 9.53 Å². The molecule has 1 aliphatic rings. The SMILES string of the molecule is CCCCOc1ccc(NC(=O)C2(c3ccc(C)cc3)CCCC2)c2ccccc12. The van der Waals surface area contributed by atoms with E-state index in [9.17, 15) is 4.79 Å². The summed E-state index contributed by atoms with van der Waals surface area (Å²) in [5.41, 5.74) is 2.77. The molecule has 3 heteroatoms. The molecule has 30 heavy (non-hydrogen) atoms. The molecule has 3 aromatic carbocycles. The minimum atomic E-state index is -0.439. The summed E-state index contributed by atoms with van der Waals surface area (Å²) in [4.78, 5) is 13.6. The molecule has 0 unspecified atom stereocenters. The molecule has 1 saturated carbocycles. The van der Waals surface area contributed by atoms with E-state index in [1.807, 2.05) is 24.3 Å². The van der Waals surface area contributed by atoms with E-state index < -0.39 is 5.41 Å². The first-order valence-electron chi connectivity index (χ1n) is 11.2. The molecule has 0 atom stereocenters. The van der Waals surface area contributed by atoms with Gasteiger partial charge in [-0.1, -0.05) is 80.3 Å². The van der Waals surface area contributed by atoms with Crippen molar-refractivity contribution in [1.82, 2.24) is 0 Å². The van der Waals surface area contributed by atoms with Gasteiger partial charge in [0, 0.05) is 16.5 Å². The number of amides is 1. The van der Waals surface area contributed by atoms with Crippen molar-refractivity contribution in [2.45, 2.75) is 57.8 Å². The van der Waals surface area contributed by atoms with Gasteiger partial charge in [0.2, 0.25) is 5.91 Å². The zero-order valence-corrected chi connectivity index (χ0v) is 18.0. The van der Waals surface area contributed by atoms with Crippen molar-refractivity contribution in [2.24, 2.45) is 0 Å². The van der Waals surface area contributed by atoms with E-state index in [4.69, 9.17) is 4.74 Å². The van der Waals surface area contributed by atoms with Gasteiger partial charge >= 0.3 is 0 Å². The first-order chi connectivity index (χ1) is 14.6. The smallest absolute Gasteiger partial charge is 0.235 e. The van der Waals surface area contributed by atoms with Crippen molar-refractivity contribution >= 4 is 22.4 Å². The van der Waals surface area contributed by atoms with Crippen LogP contribution in [-0.2, 0) is 10.2 Å². The number of rotatable bonds is 7. The molecule has 0 heterocycles. The van der Waals surface area contributed by atoms with E-state index in [1.54, 1.807) is 0 Å². The summed E-state index contributed by atoms with van der Waals surface area (Å²) in [6.07, 6.45) is 6.12. The number of anilines is 1. The summed E-state index contributed by atoms with van der Waals surface area (Å²) in [6.45, 7) is 4.96. The Morgan fingerprint density at radius 2 is 1.67 bits per heavy atom. The lowest BCUT2D eigenvalue weighted by molar-refractivity contribution is -0.121. The second-order valence-electron chi connectivity index (χ2n) is 8.47. The summed E-state index contributed by atoms with van der Waals surface area (Å²) in [5.74, 6) is 0.986. The van der Waals surface area contributed by atoms with Gasteiger partial charge in [0.05, 0.1) is 12.0 Å². The lowest BCUT2D eigenvalue weighted by atomic mass is 9.77. The fraction of sp³-hybridized carbons (Fsp3) is 0.370. The predicted molar refractivity (Wildman–Crippen MR) is 124 cm³/mol. The molecule has 0 aliphatic heterocycles. The molecule has 0 radical (unpaired) electrons. The van der Waals surface area contributed by atoms with Crippen molar-refractivity contribution in [3.8, 4) is 5.75 Å². The van der Waals surface area contributed by atoms with Gasteiger partial charge in [0.25, 0.3) is 0 Å². The number of aryl methyl sites for hydroxylation is 1.